The van der Waals surface area contributed by atoms with Gasteiger partial charge in [0, 0.05) is 19.6 Å². The van der Waals surface area contributed by atoms with Gasteiger partial charge in [-0.1, -0.05) is 19.1 Å². The Kier molecular flexibility index (Phi) is 5.56. The van der Waals surface area contributed by atoms with E-state index in [9.17, 15) is 22.0 Å². The van der Waals surface area contributed by atoms with E-state index in [1.165, 1.54) is 12.1 Å². The Morgan fingerprint density at radius 3 is 2.57 bits per heavy atom. The van der Waals surface area contributed by atoms with Crippen molar-refractivity contribution in [2.75, 3.05) is 31.1 Å². The molecule has 23 heavy (non-hydrogen) atoms. The van der Waals surface area contributed by atoms with Crippen molar-refractivity contribution in [3.8, 4) is 0 Å². The van der Waals surface area contributed by atoms with Gasteiger partial charge in [-0.2, -0.15) is 8.78 Å². The molecule has 0 atom stereocenters. The molecule has 0 unspecified atom stereocenters. The molecule has 1 amide bonds. The number of hydrogen-bond donors (Lipinski definition) is 0. The predicted octanol–water partition coefficient (Wildman–Crippen LogP) is 2.13. The molecule has 1 aliphatic heterocycles. The summed E-state index contributed by atoms with van der Waals surface area (Å²) < 4.78 is 49.5. The minimum atomic E-state index is -4.71. The lowest BCUT2D eigenvalue weighted by molar-refractivity contribution is -0.129. The molecule has 1 fully saturated rings. The summed E-state index contributed by atoms with van der Waals surface area (Å²) in [4.78, 5) is 15.1. The van der Waals surface area contributed by atoms with E-state index >= 15 is 0 Å². The van der Waals surface area contributed by atoms with Crippen LogP contribution in [-0.4, -0.2) is 51.2 Å². The maximum Gasteiger partial charge on any atom is 0.341 e. The lowest BCUT2D eigenvalue weighted by Crippen LogP contribution is -2.37. The predicted molar refractivity (Wildman–Crippen MR) is 83.3 cm³/mol. The van der Waals surface area contributed by atoms with E-state index in [1.54, 1.807) is 15.9 Å². The average molecular weight is 346 g/mol. The molecule has 1 saturated heterocycles. The van der Waals surface area contributed by atoms with Crippen LogP contribution in [-0.2, 0) is 14.6 Å². The number of halogens is 2. The molecule has 8 heteroatoms. The molecule has 0 radical (unpaired) electrons. The standard InChI is InChI=1S/C15H20F2N2O3S/c1-2-8-18-9-5-10-19(11-14(18)20)12-6-3-4-7-13(12)23(21,22)15(16)17/h3-4,6-7,15H,2,5,8-11H2,1H3. The van der Waals surface area contributed by atoms with E-state index in [0.29, 0.717) is 26.1 Å². The average Bonchev–Trinajstić information content (AvgIpc) is 2.70. The van der Waals surface area contributed by atoms with Crippen LogP contribution in [0.2, 0.25) is 0 Å². The number of carbonyl (C=O) groups excluding carboxylic acids is 1. The molecule has 1 aromatic carbocycles. The Balaban J connectivity index is 2.34. The molecule has 2 rings (SSSR count). The number of sulfone groups is 1. The summed E-state index contributed by atoms with van der Waals surface area (Å²) in [7, 11) is -4.71. The second-order valence-corrected chi connectivity index (χ2v) is 7.32. The van der Waals surface area contributed by atoms with Crippen LogP contribution in [0.15, 0.2) is 29.2 Å². The van der Waals surface area contributed by atoms with Gasteiger partial charge in [-0.15, -0.1) is 0 Å². The van der Waals surface area contributed by atoms with Crippen LogP contribution >= 0.6 is 0 Å². The first-order chi connectivity index (χ1) is 10.9. The molecule has 0 bridgehead atoms. The van der Waals surface area contributed by atoms with Crippen LogP contribution in [0.4, 0.5) is 14.5 Å². The smallest absolute Gasteiger partial charge is 0.341 e. The van der Waals surface area contributed by atoms with Crippen molar-refractivity contribution < 1.29 is 22.0 Å². The largest absolute Gasteiger partial charge is 0.361 e. The van der Waals surface area contributed by atoms with Crippen LogP contribution < -0.4 is 4.90 Å². The van der Waals surface area contributed by atoms with E-state index in [4.69, 9.17) is 0 Å². The van der Waals surface area contributed by atoms with E-state index in [1.807, 2.05) is 6.92 Å². The van der Waals surface area contributed by atoms with Gasteiger partial charge >= 0.3 is 5.76 Å². The van der Waals surface area contributed by atoms with Gasteiger partial charge in [-0.25, -0.2) is 8.42 Å². The normalized spacial score (nSPS) is 16.8. The van der Waals surface area contributed by atoms with Crippen molar-refractivity contribution in [3.05, 3.63) is 24.3 Å². The Hall–Kier alpha value is -1.70. The summed E-state index contributed by atoms with van der Waals surface area (Å²) in [6, 6.07) is 5.62. The van der Waals surface area contributed by atoms with E-state index < -0.39 is 20.5 Å². The van der Waals surface area contributed by atoms with E-state index in [0.717, 1.165) is 12.5 Å². The SMILES string of the molecule is CCCN1CCCN(c2ccccc2S(=O)(=O)C(F)F)CC1=O. The minimum absolute atomic E-state index is 0.00420. The number of hydrogen-bond acceptors (Lipinski definition) is 4. The number of para-hydroxylation sites is 1. The van der Waals surface area contributed by atoms with Crippen LogP contribution in [0.5, 0.6) is 0 Å². The van der Waals surface area contributed by atoms with E-state index in [-0.39, 0.29) is 18.1 Å². The molecular formula is C15H20F2N2O3S. The summed E-state index contributed by atoms with van der Waals surface area (Å²) in [5, 5.41) is 0. The summed E-state index contributed by atoms with van der Waals surface area (Å²) in [5.41, 5.74) is 0.166. The first-order valence-corrected chi connectivity index (χ1v) is 9.06. The molecule has 0 aromatic heterocycles. The lowest BCUT2D eigenvalue weighted by atomic mass is 10.2. The zero-order valence-corrected chi connectivity index (χ0v) is 13.7. The molecular weight excluding hydrogens is 326 g/mol. The zero-order valence-electron chi connectivity index (χ0n) is 12.9. The lowest BCUT2D eigenvalue weighted by Gasteiger charge is -2.25. The highest BCUT2D eigenvalue weighted by Crippen LogP contribution is 2.29. The van der Waals surface area contributed by atoms with Crippen LogP contribution in [0.3, 0.4) is 0 Å². The number of benzene rings is 1. The fourth-order valence-electron chi connectivity index (χ4n) is 2.69. The second kappa shape index (κ2) is 7.25. The molecule has 0 aliphatic carbocycles. The number of amides is 1. The van der Waals surface area contributed by atoms with Gasteiger partial charge in [0.25, 0.3) is 0 Å². The minimum Gasteiger partial charge on any atom is -0.361 e. The summed E-state index contributed by atoms with van der Waals surface area (Å²) in [6.45, 7) is 3.65. The van der Waals surface area contributed by atoms with E-state index in [2.05, 4.69) is 0 Å². The van der Waals surface area contributed by atoms with Crippen LogP contribution in [0.1, 0.15) is 19.8 Å². The molecule has 0 N–H and O–H groups in total. The van der Waals surface area contributed by atoms with Gasteiger partial charge in [0.2, 0.25) is 15.7 Å². The van der Waals surface area contributed by atoms with Gasteiger partial charge in [-0.05, 0) is 25.0 Å². The molecule has 0 saturated carbocycles. The van der Waals surface area contributed by atoms with Crippen molar-refractivity contribution in [3.63, 3.8) is 0 Å². The quantitative estimate of drug-likeness (QED) is 0.820. The van der Waals surface area contributed by atoms with Gasteiger partial charge < -0.3 is 9.80 Å². The number of carbonyl (C=O) groups is 1. The van der Waals surface area contributed by atoms with Crippen molar-refractivity contribution >= 4 is 21.4 Å². The monoisotopic (exact) mass is 346 g/mol. The fourth-order valence-corrected chi connectivity index (χ4v) is 3.64. The third-order valence-electron chi connectivity index (χ3n) is 3.78. The summed E-state index contributed by atoms with van der Waals surface area (Å²) in [6.07, 6.45) is 1.50. The van der Waals surface area contributed by atoms with Crippen LogP contribution in [0.25, 0.3) is 0 Å². The molecule has 5 nitrogen and oxygen atoms in total. The third-order valence-corrected chi connectivity index (χ3v) is 5.20. The Labute approximate surface area is 134 Å². The van der Waals surface area contributed by atoms with Crippen molar-refractivity contribution in [2.45, 2.75) is 30.4 Å². The zero-order chi connectivity index (χ0) is 17.0. The number of alkyl halides is 2. The Morgan fingerprint density at radius 1 is 1.22 bits per heavy atom. The Bertz CT molecular complexity index is 664. The highest BCUT2D eigenvalue weighted by atomic mass is 32.2. The topological polar surface area (TPSA) is 57.7 Å². The second-order valence-electron chi connectivity index (χ2n) is 5.43. The number of anilines is 1. The van der Waals surface area contributed by atoms with Crippen LogP contribution in [0, 0.1) is 0 Å². The highest BCUT2D eigenvalue weighted by molar-refractivity contribution is 7.91. The van der Waals surface area contributed by atoms with Crippen molar-refractivity contribution in [1.82, 2.24) is 4.90 Å². The van der Waals surface area contributed by atoms with Gasteiger partial charge in [-0.3, -0.25) is 4.79 Å². The molecule has 1 aromatic rings. The molecule has 1 heterocycles. The van der Waals surface area contributed by atoms with Gasteiger partial charge in [0.05, 0.1) is 17.1 Å². The van der Waals surface area contributed by atoms with Gasteiger partial charge in [0.15, 0.2) is 0 Å². The first kappa shape index (κ1) is 17.7. The fraction of sp³-hybridized carbons (Fsp3) is 0.533. The van der Waals surface area contributed by atoms with Crippen molar-refractivity contribution in [2.24, 2.45) is 0 Å². The third kappa shape index (κ3) is 3.80. The number of rotatable bonds is 5. The maximum atomic E-state index is 12.9. The highest BCUT2D eigenvalue weighted by Gasteiger charge is 2.32. The summed E-state index contributed by atoms with van der Waals surface area (Å²) in [5.74, 6) is -3.60. The molecule has 1 aliphatic rings. The molecule has 128 valence electrons. The maximum absolute atomic E-state index is 12.9. The molecule has 0 spiro atoms. The first-order valence-electron chi connectivity index (χ1n) is 7.51. The Morgan fingerprint density at radius 2 is 1.91 bits per heavy atom. The summed E-state index contributed by atoms with van der Waals surface area (Å²) >= 11 is 0. The van der Waals surface area contributed by atoms with Gasteiger partial charge in [0.1, 0.15) is 0 Å². The van der Waals surface area contributed by atoms with Crippen molar-refractivity contribution in [1.29, 1.82) is 0 Å². The number of nitrogens with zero attached hydrogens (tertiary/aromatic N) is 2.